The van der Waals surface area contributed by atoms with E-state index in [1.54, 1.807) is 39.8 Å². The molecule has 3 aromatic carbocycles. The van der Waals surface area contributed by atoms with Crippen molar-refractivity contribution in [3.05, 3.63) is 95.6 Å². The highest BCUT2D eigenvalue weighted by atomic mass is 16.6. The molecule has 0 saturated heterocycles. The van der Waals surface area contributed by atoms with Gasteiger partial charge in [0.1, 0.15) is 23.4 Å². The number of aliphatic imine (C=N–C) groups is 1. The van der Waals surface area contributed by atoms with Crippen molar-refractivity contribution < 1.29 is 38.6 Å². The van der Waals surface area contributed by atoms with Crippen LogP contribution in [0.2, 0.25) is 0 Å². The molecule has 13 N–H and O–H groups in total. The van der Waals surface area contributed by atoms with Gasteiger partial charge in [-0.3, -0.25) is 29.5 Å². The van der Waals surface area contributed by atoms with Crippen molar-refractivity contribution >= 4 is 47.4 Å². The molecule has 0 bridgehead atoms. The first-order valence-corrected chi connectivity index (χ1v) is 21.4. The van der Waals surface area contributed by atoms with Crippen LogP contribution in [0.1, 0.15) is 82.4 Å². The number of carbonyl (C=O) groups excluding carboxylic acids is 6. The summed E-state index contributed by atoms with van der Waals surface area (Å²) >= 11 is 0. The predicted molar refractivity (Wildman–Crippen MR) is 245 cm³/mol. The Labute approximate surface area is 374 Å². The number of hydrogen-bond donors (Lipinski definition) is 11. The van der Waals surface area contributed by atoms with Gasteiger partial charge in [-0.25, -0.2) is 9.59 Å². The molecule has 64 heavy (non-hydrogen) atoms. The Hall–Kier alpha value is -6.89. The number of ether oxygens (including phenoxy) is 1. The van der Waals surface area contributed by atoms with Crippen LogP contribution in [-0.2, 0) is 30.5 Å². The number of nitrogens with zero attached hydrogens (tertiary/aromatic N) is 1. The lowest BCUT2D eigenvalue weighted by molar-refractivity contribution is -0.129. The average molecular weight is 888 g/mol. The molecule has 1 unspecified atom stereocenters. The maximum Gasteiger partial charge on any atom is 0.408 e. The van der Waals surface area contributed by atoms with E-state index in [4.69, 9.17) is 16.2 Å². The smallest absolute Gasteiger partial charge is 0.408 e. The summed E-state index contributed by atoms with van der Waals surface area (Å²) in [7, 11) is 0. The summed E-state index contributed by atoms with van der Waals surface area (Å²) in [6.07, 6.45) is 1.03. The lowest BCUT2D eigenvalue weighted by atomic mass is 9.90. The zero-order chi connectivity index (χ0) is 46.9. The van der Waals surface area contributed by atoms with Crippen molar-refractivity contribution in [3.8, 4) is 5.75 Å². The van der Waals surface area contributed by atoms with E-state index in [1.807, 2.05) is 54.6 Å². The van der Waals surface area contributed by atoms with Gasteiger partial charge in [0, 0.05) is 51.4 Å². The minimum absolute atomic E-state index is 0.0886. The zero-order valence-electron chi connectivity index (χ0n) is 37.1. The fourth-order valence-corrected chi connectivity index (χ4v) is 6.14. The summed E-state index contributed by atoms with van der Waals surface area (Å²) in [6, 6.07) is 20.4. The highest BCUT2D eigenvalue weighted by Crippen LogP contribution is 2.27. The molecule has 0 fully saturated rings. The summed E-state index contributed by atoms with van der Waals surface area (Å²) in [5.74, 6) is -2.19. The van der Waals surface area contributed by atoms with Gasteiger partial charge in [0.15, 0.2) is 5.96 Å². The number of aromatic hydroxyl groups is 1. The number of phenolic OH excluding ortho intramolecular Hbond substituents is 1. The molecule has 3 aromatic rings. The summed E-state index contributed by atoms with van der Waals surface area (Å²) in [5, 5.41) is 31.9. The standard InChI is InChI=1S/C45H65N11O8/c1-5-37(58)49-26-28-52-43(62)56-42(47)51-24-10-14-35(40(60)53-29-30-15-21-34(57)22-16-30)54-41(61)38(31-11-7-6-8-12-31)32-17-19-33(20-18-32)48-25-27-50-39(59)36(13-9-23-46)55-44(63)64-45(2,3)4/h6-8,11-12,15-22,35-36,38,48,57H,5,9-10,13-14,23-29,46H2,1-4H3,(H,49,58)(H,50,59)(H,53,60)(H,54,61)(H,55,63)(H4,47,51,52,56,62)/t35-,36-,38?/m1/s1. The monoisotopic (exact) mass is 888 g/mol. The summed E-state index contributed by atoms with van der Waals surface area (Å²) in [6.45, 7) is 8.65. The van der Waals surface area contributed by atoms with Crippen LogP contribution in [0.5, 0.6) is 5.75 Å². The Bertz CT molecular complexity index is 1970. The molecule has 0 aliphatic carbocycles. The lowest BCUT2D eigenvalue weighted by Crippen LogP contribution is -2.49. The number of nitrogens with two attached hydrogens (primary N) is 2. The highest BCUT2D eigenvalue weighted by molar-refractivity contribution is 5.95. The van der Waals surface area contributed by atoms with Crippen molar-refractivity contribution in [2.24, 2.45) is 16.5 Å². The topological polar surface area (TPSA) is 293 Å². The predicted octanol–water partition coefficient (Wildman–Crippen LogP) is 2.41. The number of phenols is 1. The second-order valence-electron chi connectivity index (χ2n) is 15.8. The highest BCUT2D eigenvalue weighted by Gasteiger charge is 2.28. The van der Waals surface area contributed by atoms with Gasteiger partial charge in [-0.15, -0.1) is 0 Å². The molecule has 0 aliphatic heterocycles. The number of alkyl carbamates (subject to hydrolysis) is 1. The number of carbonyl (C=O) groups is 6. The molecule has 0 radical (unpaired) electrons. The first-order valence-electron chi connectivity index (χ1n) is 21.4. The van der Waals surface area contributed by atoms with E-state index in [9.17, 15) is 33.9 Å². The molecule has 3 atom stereocenters. The molecule has 0 aromatic heterocycles. The average Bonchev–Trinajstić information content (AvgIpc) is 3.26. The number of anilines is 1. The molecule has 7 amide bonds. The van der Waals surface area contributed by atoms with Gasteiger partial charge in [0.05, 0.1) is 5.92 Å². The van der Waals surface area contributed by atoms with Gasteiger partial charge in [-0.2, -0.15) is 0 Å². The largest absolute Gasteiger partial charge is 0.508 e. The van der Waals surface area contributed by atoms with Gasteiger partial charge < -0.3 is 58.5 Å². The zero-order valence-corrected chi connectivity index (χ0v) is 37.1. The minimum atomic E-state index is -0.979. The Morgan fingerprint density at radius 3 is 1.98 bits per heavy atom. The maximum atomic E-state index is 14.3. The van der Waals surface area contributed by atoms with E-state index in [0.29, 0.717) is 49.9 Å². The second kappa shape index (κ2) is 27.2. The molecule has 0 heterocycles. The SMILES string of the molecule is CCC(=O)NCCNC(=O)NC(N)=NCCC[C@@H](NC(=O)C(c1ccccc1)c1ccc(NCCNC(=O)[C@@H](CCCN)NC(=O)OC(C)(C)C)cc1)C(=O)NCc1ccc(O)cc1. The summed E-state index contributed by atoms with van der Waals surface area (Å²) in [4.78, 5) is 81.0. The van der Waals surface area contributed by atoms with Crippen LogP contribution in [0, 0.1) is 0 Å². The van der Waals surface area contributed by atoms with Crippen molar-refractivity contribution in [3.63, 3.8) is 0 Å². The lowest BCUT2D eigenvalue weighted by Gasteiger charge is -2.23. The van der Waals surface area contributed by atoms with E-state index < -0.39 is 47.5 Å². The number of urea groups is 1. The van der Waals surface area contributed by atoms with E-state index in [0.717, 1.165) is 11.3 Å². The van der Waals surface area contributed by atoms with E-state index in [2.05, 4.69) is 47.5 Å². The van der Waals surface area contributed by atoms with Crippen LogP contribution >= 0.6 is 0 Å². The van der Waals surface area contributed by atoms with Crippen LogP contribution in [0.3, 0.4) is 0 Å². The van der Waals surface area contributed by atoms with Gasteiger partial charge >= 0.3 is 12.1 Å². The van der Waals surface area contributed by atoms with Gasteiger partial charge in [0.2, 0.25) is 23.6 Å². The van der Waals surface area contributed by atoms with Crippen molar-refractivity contribution in [1.29, 1.82) is 0 Å². The Morgan fingerprint density at radius 1 is 0.719 bits per heavy atom. The fraction of sp³-hybridized carbons (Fsp3) is 0.444. The van der Waals surface area contributed by atoms with Crippen molar-refractivity contribution in [2.45, 2.75) is 89.9 Å². The van der Waals surface area contributed by atoms with Crippen LogP contribution in [0.15, 0.2) is 83.9 Å². The molecule has 0 spiro atoms. The van der Waals surface area contributed by atoms with E-state index in [-0.39, 0.29) is 62.7 Å². The molecule has 348 valence electrons. The quantitative estimate of drug-likeness (QED) is 0.0353. The van der Waals surface area contributed by atoms with Crippen LogP contribution in [0.4, 0.5) is 15.3 Å². The number of benzene rings is 3. The van der Waals surface area contributed by atoms with Crippen LogP contribution < -0.4 is 54.0 Å². The molecule has 19 heteroatoms. The van der Waals surface area contributed by atoms with Gasteiger partial charge in [0.25, 0.3) is 0 Å². The third-order valence-corrected chi connectivity index (χ3v) is 9.36. The number of hydrogen-bond acceptors (Lipinski definition) is 11. The normalized spacial score (nSPS) is 12.7. The Morgan fingerprint density at radius 2 is 1.33 bits per heavy atom. The molecular formula is C45H65N11O8. The third-order valence-electron chi connectivity index (χ3n) is 9.36. The maximum absolute atomic E-state index is 14.3. The summed E-state index contributed by atoms with van der Waals surface area (Å²) < 4.78 is 5.31. The van der Waals surface area contributed by atoms with E-state index >= 15 is 0 Å². The molecular weight excluding hydrogens is 823 g/mol. The van der Waals surface area contributed by atoms with Crippen molar-refractivity contribution in [2.75, 3.05) is 44.6 Å². The third kappa shape index (κ3) is 19.9. The van der Waals surface area contributed by atoms with Gasteiger partial charge in [-0.05, 0) is 94.0 Å². The molecule has 19 nitrogen and oxygen atoms in total. The summed E-state index contributed by atoms with van der Waals surface area (Å²) in [5.41, 5.74) is 13.7. The molecule has 0 aliphatic rings. The number of guanidine groups is 1. The van der Waals surface area contributed by atoms with E-state index in [1.165, 1.54) is 12.1 Å². The first-order chi connectivity index (χ1) is 30.6. The minimum Gasteiger partial charge on any atom is -0.508 e. The second-order valence-corrected chi connectivity index (χ2v) is 15.8. The Balaban J connectivity index is 1.67. The fourth-order valence-electron chi connectivity index (χ4n) is 6.14. The number of amides is 7. The first kappa shape index (κ1) is 51.5. The van der Waals surface area contributed by atoms with Gasteiger partial charge in [-0.1, -0.05) is 61.5 Å². The van der Waals surface area contributed by atoms with Crippen LogP contribution in [0.25, 0.3) is 0 Å². The Kier molecular flexibility index (Phi) is 21.9. The van der Waals surface area contributed by atoms with Crippen molar-refractivity contribution in [1.82, 2.24) is 37.2 Å². The van der Waals surface area contributed by atoms with Crippen LogP contribution in [-0.4, -0.2) is 104 Å². The molecule has 3 rings (SSSR count). The number of nitrogens with one attached hydrogen (secondary N) is 8. The number of rotatable bonds is 24. The molecule has 0 saturated carbocycles.